The standard InChI is InChI=1S/C30H50ClN5O8/c1-9-17(4)23-29(42)35(8)24(16(2)3)30(43)34(7)19(6)26(39)32-12-10-22(38)44-21(14-20(37)15-31)28(41)36-13-11-18(5)25(36)27(40)33-23/h16-21,23-25,37H,9-15H2,1-8H3,(H,32,39)(H,33,40). The van der Waals surface area contributed by atoms with Gasteiger partial charge in [-0.2, -0.15) is 0 Å². The van der Waals surface area contributed by atoms with Gasteiger partial charge in [-0.05, 0) is 31.1 Å². The van der Waals surface area contributed by atoms with Crippen molar-refractivity contribution in [3.63, 3.8) is 0 Å². The van der Waals surface area contributed by atoms with Crippen LogP contribution in [0.3, 0.4) is 0 Å². The lowest BCUT2D eigenvalue weighted by Crippen LogP contribution is -2.61. The summed E-state index contributed by atoms with van der Waals surface area (Å²) in [5.41, 5.74) is 0. The zero-order chi connectivity index (χ0) is 33.5. The second-order valence-corrected chi connectivity index (χ2v) is 12.7. The molecular formula is C30H50ClN5O8. The molecule has 44 heavy (non-hydrogen) atoms. The van der Waals surface area contributed by atoms with E-state index in [9.17, 15) is 33.9 Å². The van der Waals surface area contributed by atoms with Crippen molar-refractivity contribution >= 4 is 47.1 Å². The predicted octanol–water partition coefficient (Wildman–Crippen LogP) is 0.506. The number of aliphatic hydroxyl groups excluding tert-OH is 1. The molecule has 0 aromatic heterocycles. The van der Waals surface area contributed by atoms with E-state index in [4.69, 9.17) is 16.3 Å². The van der Waals surface area contributed by atoms with Gasteiger partial charge in [-0.15, -0.1) is 11.6 Å². The number of halogens is 1. The number of ether oxygens (including phenoxy) is 1. The van der Waals surface area contributed by atoms with Crippen molar-refractivity contribution in [1.82, 2.24) is 25.3 Å². The van der Waals surface area contributed by atoms with Gasteiger partial charge in [-0.1, -0.05) is 41.0 Å². The number of hydrogen-bond donors (Lipinski definition) is 3. The van der Waals surface area contributed by atoms with Crippen LogP contribution in [-0.2, 0) is 33.5 Å². The monoisotopic (exact) mass is 643 g/mol. The molecule has 8 atom stereocenters. The summed E-state index contributed by atoms with van der Waals surface area (Å²) in [5, 5.41) is 15.7. The van der Waals surface area contributed by atoms with Crippen molar-refractivity contribution in [3.8, 4) is 0 Å². The number of carbonyl (C=O) groups is 6. The molecule has 2 fully saturated rings. The summed E-state index contributed by atoms with van der Waals surface area (Å²) in [6.07, 6.45) is -2.09. The summed E-state index contributed by atoms with van der Waals surface area (Å²) in [4.78, 5) is 84.9. The summed E-state index contributed by atoms with van der Waals surface area (Å²) in [6, 6.07) is -3.83. The molecular weight excluding hydrogens is 594 g/mol. The zero-order valence-electron chi connectivity index (χ0n) is 27.2. The molecule has 0 aromatic carbocycles. The van der Waals surface area contributed by atoms with Gasteiger partial charge < -0.3 is 35.2 Å². The second kappa shape index (κ2) is 16.4. The van der Waals surface area contributed by atoms with Gasteiger partial charge >= 0.3 is 5.97 Å². The molecule has 0 bridgehead atoms. The number of amides is 5. The average Bonchev–Trinajstić information content (AvgIpc) is 3.37. The van der Waals surface area contributed by atoms with E-state index in [2.05, 4.69) is 10.6 Å². The van der Waals surface area contributed by atoms with E-state index in [-0.39, 0.29) is 49.6 Å². The first-order valence-corrected chi connectivity index (χ1v) is 16.0. The van der Waals surface area contributed by atoms with Crippen molar-refractivity contribution in [3.05, 3.63) is 0 Å². The quantitative estimate of drug-likeness (QED) is 0.278. The molecule has 3 N–H and O–H groups in total. The first-order chi connectivity index (χ1) is 20.6. The Kier molecular flexibility index (Phi) is 13.9. The lowest BCUT2D eigenvalue weighted by molar-refractivity contribution is -0.163. The number of cyclic esters (lactones) is 1. The highest BCUT2D eigenvalue weighted by Crippen LogP contribution is 2.27. The Labute approximate surface area is 265 Å². The lowest BCUT2D eigenvalue weighted by Gasteiger charge is -2.38. The largest absolute Gasteiger partial charge is 0.452 e. The number of fused-ring (bicyclic) bond motifs is 1. The maximum absolute atomic E-state index is 14.0. The van der Waals surface area contributed by atoms with Gasteiger partial charge in [0.2, 0.25) is 23.6 Å². The van der Waals surface area contributed by atoms with Crippen LogP contribution < -0.4 is 10.6 Å². The Morgan fingerprint density at radius 2 is 1.61 bits per heavy atom. The minimum atomic E-state index is -1.41. The fourth-order valence-electron chi connectivity index (χ4n) is 5.69. The van der Waals surface area contributed by atoms with Crippen LogP contribution in [0, 0.1) is 17.8 Å². The van der Waals surface area contributed by atoms with Crippen LogP contribution in [0.15, 0.2) is 0 Å². The molecule has 5 amide bonds. The number of nitrogens with zero attached hydrogens (tertiary/aromatic N) is 3. The molecule has 2 aliphatic heterocycles. The number of alkyl halides is 1. The van der Waals surface area contributed by atoms with E-state index in [0.717, 1.165) is 0 Å². The summed E-state index contributed by atoms with van der Waals surface area (Å²) >= 11 is 5.78. The van der Waals surface area contributed by atoms with Crippen molar-refractivity contribution in [1.29, 1.82) is 0 Å². The van der Waals surface area contributed by atoms with Crippen molar-refractivity contribution in [2.45, 2.75) is 104 Å². The third-order valence-electron chi connectivity index (χ3n) is 8.83. The number of carbonyl (C=O) groups excluding carboxylic acids is 6. The Balaban J connectivity index is 2.59. The molecule has 2 heterocycles. The summed E-state index contributed by atoms with van der Waals surface area (Å²) < 4.78 is 5.47. The highest BCUT2D eigenvalue weighted by molar-refractivity contribution is 6.18. The minimum Gasteiger partial charge on any atom is -0.452 e. The van der Waals surface area contributed by atoms with E-state index in [1.807, 2.05) is 20.8 Å². The summed E-state index contributed by atoms with van der Waals surface area (Å²) in [7, 11) is 2.98. The smallest absolute Gasteiger partial charge is 0.308 e. The van der Waals surface area contributed by atoms with Gasteiger partial charge in [0.15, 0.2) is 6.10 Å². The summed E-state index contributed by atoms with van der Waals surface area (Å²) in [6.45, 7) is 10.7. The van der Waals surface area contributed by atoms with Crippen LogP contribution in [-0.4, -0.2) is 125 Å². The van der Waals surface area contributed by atoms with Crippen LogP contribution >= 0.6 is 11.6 Å². The van der Waals surface area contributed by atoms with Crippen LogP contribution in [0.5, 0.6) is 0 Å². The third kappa shape index (κ3) is 8.83. The van der Waals surface area contributed by atoms with Gasteiger partial charge in [0.05, 0.1) is 12.5 Å². The fraction of sp³-hybridized carbons (Fsp3) is 0.800. The Hall–Kier alpha value is -2.93. The number of esters is 1. The Morgan fingerprint density at radius 3 is 2.18 bits per heavy atom. The molecule has 250 valence electrons. The molecule has 0 aromatic rings. The SMILES string of the molecule is CCC(C)C1NC(=O)C2C(C)CCN2C(=O)C(CC(O)CCl)OC(=O)CCNC(=O)C(C)N(C)C(=O)C(C(C)C)N(C)C1=O. The van der Waals surface area contributed by atoms with Crippen LogP contribution in [0.25, 0.3) is 0 Å². The van der Waals surface area contributed by atoms with E-state index >= 15 is 0 Å². The molecule has 0 radical (unpaired) electrons. The van der Waals surface area contributed by atoms with Crippen LogP contribution in [0.2, 0.25) is 0 Å². The van der Waals surface area contributed by atoms with Gasteiger partial charge in [-0.3, -0.25) is 28.8 Å². The highest BCUT2D eigenvalue weighted by atomic mass is 35.5. The van der Waals surface area contributed by atoms with E-state index in [1.165, 1.54) is 35.7 Å². The van der Waals surface area contributed by atoms with Gasteiger partial charge in [0.1, 0.15) is 24.2 Å². The predicted molar refractivity (Wildman–Crippen MR) is 163 cm³/mol. The van der Waals surface area contributed by atoms with Crippen LogP contribution in [0.4, 0.5) is 0 Å². The molecule has 0 saturated carbocycles. The van der Waals surface area contributed by atoms with E-state index in [0.29, 0.717) is 12.8 Å². The normalized spacial score (nSPS) is 30.2. The van der Waals surface area contributed by atoms with Crippen molar-refractivity contribution in [2.75, 3.05) is 33.1 Å². The third-order valence-corrected chi connectivity index (χ3v) is 9.18. The molecule has 14 heteroatoms. The zero-order valence-corrected chi connectivity index (χ0v) is 27.9. The first-order valence-electron chi connectivity index (χ1n) is 15.4. The molecule has 0 spiro atoms. The second-order valence-electron chi connectivity index (χ2n) is 12.4. The van der Waals surface area contributed by atoms with Gasteiger partial charge in [0.25, 0.3) is 5.91 Å². The van der Waals surface area contributed by atoms with E-state index < -0.39 is 71.9 Å². The number of nitrogens with one attached hydrogen (secondary N) is 2. The molecule has 2 aliphatic rings. The molecule has 8 unspecified atom stereocenters. The van der Waals surface area contributed by atoms with Crippen molar-refractivity contribution < 1.29 is 38.6 Å². The summed E-state index contributed by atoms with van der Waals surface area (Å²) in [5.74, 6) is -4.55. The Morgan fingerprint density at radius 1 is 0.977 bits per heavy atom. The minimum absolute atomic E-state index is 0.128. The molecule has 2 rings (SSSR count). The molecule has 2 saturated heterocycles. The highest BCUT2D eigenvalue weighted by Gasteiger charge is 2.45. The number of aliphatic hydroxyl groups is 1. The fourth-order valence-corrected chi connectivity index (χ4v) is 5.82. The average molecular weight is 644 g/mol. The molecule has 0 aliphatic carbocycles. The first kappa shape index (κ1) is 37.3. The van der Waals surface area contributed by atoms with Crippen molar-refractivity contribution in [2.24, 2.45) is 17.8 Å². The molecule has 13 nitrogen and oxygen atoms in total. The van der Waals surface area contributed by atoms with Gasteiger partial charge in [-0.25, -0.2) is 0 Å². The lowest BCUT2D eigenvalue weighted by atomic mass is 9.94. The Bertz CT molecular complexity index is 1070. The van der Waals surface area contributed by atoms with Crippen LogP contribution in [0.1, 0.15) is 67.2 Å². The van der Waals surface area contributed by atoms with E-state index in [1.54, 1.807) is 13.8 Å². The van der Waals surface area contributed by atoms with Gasteiger partial charge in [0, 0.05) is 39.5 Å². The number of likely N-dealkylation sites (N-methyl/N-ethyl adjacent to an activating group) is 2. The maximum atomic E-state index is 14.0. The number of hydrogen-bond acceptors (Lipinski definition) is 8. The topological polar surface area (TPSA) is 166 Å². The maximum Gasteiger partial charge on any atom is 0.308 e. The number of rotatable bonds is 6.